The Bertz CT molecular complexity index is 867. The van der Waals surface area contributed by atoms with Crippen molar-refractivity contribution in [2.45, 2.75) is 65.7 Å². The van der Waals surface area contributed by atoms with Crippen LogP contribution in [-0.2, 0) is 22.4 Å². The first-order valence-corrected chi connectivity index (χ1v) is 9.71. The van der Waals surface area contributed by atoms with Crippen molar-refractivity contribution in [1.82, 2.24) is 30.6 Å². The summed E-state index contributed by atoms with van der Waals surface area (Å²) in [6.45, 7) is 11.3. The SMILES string of the molecule is CC(C)(C)OC(=O)NCCc1[nH]cnc1-c1ccnc(CNC(=O)OC(C)(C)C)n1. The molecular weight excluding hydrogens is 388 g/mol. The first-order valence-electron chi connectivity index (χ1n) is 9.71. The van der Waals surface area contributed by atoms with Crippen LogP contribution in [0.2, 0.25) is 0 Å². The van der Waals surface area contributed by atoms with Gasteiger partial charge in [-0.3, -0.25) is 0 Å². The predicted octanol–water partition coefficient (Wildman–Crippen LogP) is 2.96. The van der Waals surface area contributed by atoms with Gasteiger partial charge < -0.3 is 25.1 Å². The molecule has 3 N–H and O–H groups in total. The lowest BCUT2D eigenvalue weighted by molar-refractivity contribution is 0.0513. The van der Waals surface area contributed by atoms with Gasteiger partial charge in [0.1, 0.15) is 22.7 Å². The normalized spacial score (nSPS) is 11.7. The van der Waals surface area contributed by atoms with E-state index in [0.717, 1.165) is 5.69 Å². The third-order valence-corrected chi connectivity index (χ3v) is 3.50. The lowest BCUT2D eigenvalue weighted by Gasteiger charge is -2.19. The number of alkyl carbamates (subject to hydrolysis) is 2. The lowest BCUT2D eigenvalue weighted by atomic mass is 10.2. The van der Waals surface area contributed by atoms with Crippen molar-refractivity contribution in [1.29, 1.82) is 0 Å². The summed E-state index contributed by atoms with van der Waals surface area (Å²) in [7, 11) is 0. The van der Waals surface area contributed by atoms with Gasteiger partial charge in [0.2, 0.25) is 0 Å². The first-order chi connectivity index (χ1) is 13.9. The third-order valence-electron chi connectivity index (χ3n) is 3.50. The Balaban J connectivity index is 1.96. The van der Waals surface area contributed by atoms with E-state index in [-0.39, 0.29) is 6.54 Å². The average molecular weight is 418 g/mol. The maximum absolute atomic E-state index is 11.8. The van der Waals surface area contributed by atoms with E-state index in [1.54, 1.807) is 39.4 Å². The van der Waals surface area contributed by atoms with Crippen LogP contribution in [-0.4, -0.2) is 49.9 Å². The van der Waals surface area contributed by atoms with Gasteiger partial charge in [0.15, 0.2) is 0 Å². The summed E-state index contributed by atoms with van der Waals surface area (Å²) < 4.78 is 10.4. The molecule has 0 bridgehead atoms. The van der Waals surface area contributed by atoms with Gasteiger partial charge in [-0.2, -0.15) is 0 Å². The van der Waals surface area contributed by atoms with E-state index in [9.17, 15) is 9.59 Å². The summed E-state index contributed by atoms with van der Waals surface area (Å²) in [5.74, 6) is 0.430. The number of nitrogens with one attached hydrogen (secondary N) is 3. The highest BCUT2D eigenvalue weighted by Gasteiger charge is 2.18. The molecule has 0 aromatic carbocycles. The van der Waals surface area contributed by atoms with Crippen LogP contribution in [0.5, 0.6) is 0 Å². The molecule has 0 atom stereocenters. The van der Waals surface area contributed by atoms with Crippen molar-refractivity contribution in [2.24, 2.45) is 0 Å². The second kappa shape index (κ2) is 9.55. The van der Waals surface area contributed by atoms with Gasteiger partial charge in [-0.25, -0.2) is 24.5 Å². The van der Waals surface area contributed by atoms with E-state index in [0.29, 0.717) is 30.2 Å². The Hall–Kier alpha value is -3.17. The number of carbonyl (C=O) groups excluding carboxylic acids is 2. The molecule has 0 saturated heterocycles. The zero-order valence-electron chi connectivity index (χ0n) is 18.3. The largest absolute Gasteiger partial charge is 0.444 e. The van der Waals surface area contributed by atoms with Crippen molar-refractivity contribution < 1.29 is 19.1 Å². The number of H-pyrrole nitrogens is 1. The molecule has 2 aromatic rings. The number of ether oxygens (including phenoxy) is 2. The van der Waals surface area contributed by atoms with Crippen LogP contribution < -0.4 is 10.6 Å². The Morgan fingerprint density at radius 1 is 1.00 bits per heavy atom. The number of hydrogen-bond acceptors (Lipinski definition) is 7. The summed E-state index contributed by atoms with van der Waals surface area (Å²) in [6, 6.07) is 1.73. The Kier molecular flexibility index (Phi) is 7.36. The van der Waals surface area contributed by atoms with E-state index in [4.69, 9.17) is 9.47 Å². The Labute approximate surface area is 176 Å². The molecule has 10 heteroatoms. The molecular formula is C20H30N6O4. The molecule has 0 radical (unpaired) electrons. The van der Waals surface area contributed by atoms with Crippen LogP contribution in [0.15, 0.2) is 18.6 Å². The maximum atomic E-state index is 11.8. The molecule has 0 spiro atoms. The van der Waals surface area contributed by atoms with E-state index in [1.165, 1.54) is 0 Å². The fourth-order valence-electron chi connectivity index (χ4n) is 2.42. The molecule has 0 aliphatic rings. The number of aromatic amines is 1. The van der Waals surface area contributed by atoms with Crippen molar-refractivity contribution in [3.05, 3.63) is 30.1 Å². The highest BCUT2D eigenvalue weighted by Crippen LogP contribution is 2.18. The van der Waals surface area contributed by atoms with Crippen molar-refractivity contribution in [2.75, 3.05) is 6.54 Å². The van der Waals surface area contributed by atoms with Crippen LogP contribution in [0, 0.1) is 0 Å². The van der Waals surface area contributed by atoms with Crippen molar-refractivity contribution in [3.8, 4) is 11.4 Å². The third kappa shape index (κ3) is 8.06. The topological polar surface area (TPSA) is 131 Å². The molecule has 0 unspecified atom stereocenters. The number of nitrogens with zero attached hydrogens (tertiary/aromatic N) is 3. The smallest absolute Gasteiger partial charge is 0.408 e. The van der Waals surface area contributed by atoms with E-state index in [1.807, 2.05) is 20.8 Å². The Morgan fingerprint density at radius 3 is 2.27 bits per heavy atom. The zero-order chi connectivity index (χ0) is 22.4. The second-order valence-corrected chi connectivity index (χ2v) is 8.62. The van der Waals surface area contributed by atoms with Crippen LogP contribution in [0.1, 0.15) is 53.1 Å². The second-order valence-electron chi connectivity index (χ2n) is 8.62. The molecule has 30 heavy (non-hydrogen) atoms. The molecule has 0 saturated carbocycles. The van der Waals surface area contributed by atoms with Crippen LogP contribution in [0.3, 0.4) is 0 Å². The highest BCUT2D eigenvalue weighted by molar-refractivity contribution is 5.68. The fraction of sp³-hybridized carbons (Fsp3) is 0.550. The number of hydrogen-bond donors (Lipinski definition) is 3. The average Bonchev–Trinajstić information content (AvgIpc) is 3.06. The van der Waals surface area contributed by atoms with E-state index < -0.39 is 23.4 Å². The number of carbonyl (C=O) groups is 2. The van der Waals surface area contributed by atoms with Gasteiger partial charge in [0.25, 0.3) is 0 Å². The molecule has 2 aromatic heterocycles. The summed E-state index contributed by atoms with van der Waals surface area (Å²) >= 11 is 0. The molecule has 0 aliphatic carbocycles. The van der Waals surface area contributed by atoms with Crippen molar-refractivity contribution >= 4 is 12.2 Å². The van der Waals surface area contributed by atoms with E-state index >= 15 is 0 Å². The van der Waals surface area contributed by atoms with Crippen LogP contribution in [0.25, 0.3) is 11.4 Å². The van der Waals surface area contributed by atoms with Gasteiger partial charge in [-0.1, -0.05) is 0 Å². The fourth-order valence-corrected chi connectivity index (χ4v) is 2.42. The molecule has 2 heterocycles. The summed E-state index contributed by atoms with van der Waals surface area (Å²) in [5, 5.41) is 5.35. The van der Waals surface area contributed by atoms with Gasteiger partial charge in [-0.15, -0.1) is 0 Å². The molecule has 0 aliphatic heterocycles. The molecule has 2 rings (SSSR count). The summed E-state index contributed by atoms with van der Waals surface area (Å²) in [6.07, 6.45) is 2.68. The minimum Gasteiger partial charge on any atom is -0.444 e. The Morgan fingerprint density at radius 2 is 1.63 bits per heavy atom. The summed E-state index contributed by atoms with van der Waals surface area (Å²) in [4.78, 5) is 39.6. The van der Waals surface area contributed by atoms with Crippen LogP contribution >= 0.6 is 0 Å². The maximum Gasteiger partial charge on any atom is 0.408 e. The highest BCUT2D eigenvalue weighted by atomic mass is 16.6. The number of imidazole rings is 1. The predicted molar refractivity (Wildman–Crippen MR) is 111 cm³/mol. The standard InChI is InChI=1S/C20H30N6O4/c1-19(2,3)29-17(27)22-10-7-13-16(25-12-24-13)14-8-9-21-15(26-14)11-23-18(28)30-20(4,5)6/h8-9,12H,7,10-11H2,1-6H3,(H,22,27)(H,23,28)(H,24,25). The van der Waals surface area contributed by atoms with Gasteiger partial charge in [-0.05, 0) is 47.6 Å². The summed E-state index contributed by atoms with van der Waals surface area (Å²) in [5.41, 5.74) is 0.954. The number of amides is 2. The molecule has 164 valence electrons. The molecule has 2 amide bonds. The monoisotopic (exact) mass is 418 g/mol. The zero-order valence-corrected chi connectivity index (χ0v) is 18.3. The first kappa shape index (κ1) is 23.1. The minimum atomic E-state index is -0.579. The van der Waals surface area contributed by atoms with E-state index in [2.05, 4.69) is 30.6 Å². The lowest BCUT2D eigenvalue weighted by Crippen LogP contribution is -2.33. The van der Waals surface area contributed by atoms with Gasteiger partial charge in [0.05, 0.1) is 18.6 Å². The van der Waals surface area contributed by atoms with Gasteiger partial charge >= 0.3 is 12.2 Å². The minimum absolute atomic E-state index is 0.128. The number of rotatable bonds is 6. The van der Waals surface area contributed by atoms with Crippen molar-refractivity contribution in [3.63, 3.8) is 0 Å². The quantitative estimate of drug-likeness (QED) is 0.657. The molecule has 10 nitrogen and oxygen atoms in total. The van der Waals surface area contributed by atoms with Gasteiger partial charge in [0, 0.05) is 24.9 Å². The molecule has 0 fully saturated rings. The number of aromatic nitrogens is 4. The van der Waals surface area contributed by atoms with Crippen LogP contribution in [0.4, 0.5) is 9.59 Å².